The highest BCUT2D eigenvalue weighted by Crippen LogP contribution is 2.25. The Morgan fingerprint density at radius 1 is 1.24 bits per heavy atom. The zero-order chi connectivity index (χ0) is 14.7. The topological polar surface area (TPSA) is 81.6 Å². The van der Waals surface area contributed by atoms with E-state index in [-0.39, 0.29) is 5.69 Å². The van der Waals surface area contributed by atoms with Gasteiger partial charge in [-0.2, -0.15) is 0 Å². The van der Waals surface area contributed by atoms with Crippen molar-refractivity contribution < 1.29 is 14.2 Å². The molecule has 0 aliphatic carbocycles. The van der Waals surface area contributed by atoms with E-state index in [1.54, 1.807) is 18.4 Å². The van der Waals surface area contributed by atoms with Gasteiger partial charge in [-0.15, -0.1) is 0 Å². The van der Waals surface area contributed by atoms with Gasteiger partial charge in [0.25, 0.3) is 5.69 Å². The monoisotopic (exact) mass is 289 g/mol. The van der Waals surface area contributed by atoms with Crippen molar-refractivity contribution in [1.29, 1.82) is 0 Å². The smallest absolute Gasteiger partial charge is 0.269 e. The quantitative estimate of drug-likeness (QED) is 0.633. The maximum absolute atomic E-state index is 10.7. The van der Waals surface area contributed by atoms with Crippen molar-refractivity contribution in [3.05, 3.63) is 46.2 Å². The fraction of sp³-hybridized carbons (Fsp3) is 0.357. The molecule has 1 aromatic heterocycles. The van der Waals surface area contributed by atoms with E-state index in [2.05, 4.69) is 10.1 Å². The summed E-state index contributed by atoms with van der Waals surface area (Å²) in [7, 11) is 0. The summed E-state index contributed by atoms with van der Waals surface area (Å²) < 4.78 is 10.4. The van der Waals surface area contributed by atoms with Gasteiger partial charge < -0.3 is 9.26 Å². The van der Waals surface area contributed by atoms with Crippen LogP contribution in [0.4, 0.5) is 5.69 Å². The van der Waals surface area contributed by atoms with E-state index in [0.717, 1.165) is 49.7 Å². The summed E-state index contributed by atoms with van der Waals surface area (Å²) in [6, 6.07) is 6.34. The molecule has 0 spiro atoms. The Kier molecular flexibility index (Phi) is 3.94. The Morgan fingerprint density at radius 3 is 2.62 bits per heavy atom. The second-order valence-corrected chi connectivity index (χ2v) is 4.88. The first-order valence-corrected chi connectivity index (χ1v) is 6.72. The van der Waals surface area contributed by atoms with Gasteiger partial charge in [0.15, 0.2) is 0 Å². The molecule has 110 valence electrons. The van der Waals surface area contributed by atoms with E-state index in [1.165, 1.54) is 12.1 Å². The number of morpholine rings is 1. The average Bonchev–Trinajstić information content (AvgIpc) is 2.96. The first kappa shape index (κ1) is 13.7. The Labute approximate surface area is 121 Å². The molecule has 0 saturated carbocycles. The molecule has 3 rings (SSSR count). The lowest BCUT2D eigenvalue weighted by Gasteiger charge is -2.26. The Morgan fingerprint density at radius 2 is 1.95 bits per heavy atom. The van der Waals surface area contributed by atoms with Gasteiger partial charge >= 0.3 is 0 Å². The van der Waals surface area contributed by atoms with Gasteiger partial charge in [0, 0.05) is 42.9 Å². The Balaban J connectivity index is 1.79. The van der Waals surface area contributed by atoms with E-state index in [1.807, 2.05) is 0 Å². The molecule has 21 heavy (non-hydrogen) atoms. The maximum atomic E-state index is 10.7. The van der Waals surface area contributed by atoms with E-state index in [0.29, 0.717) is 0 Å². The third kappa shape index (κ3) is 3.09. The molecule has 1 aliphatic heterocycles. The molecule has 1 fully saturated rings. The number of ether oxygens (including phenoxy) is 1. The maximum Gasteiger partial charge on any atom is 0.269 e. The summed E-state index contributed by atoms with van der Waals surface area (Å²) in [5.41, 5.74) is 2.59. The summed E-state index contributed by atoms with van der Waals surface area (Å²) in [4.78, 5) is 12.5. The molecule has 0 unspecified atom stereocenters. The molecule has 7 heteroatoms. The molecule has 0 amide bonds. The van der Waals surface area contributed by atoms with Gasteiger partial charge in [-0.05, 0) is 12.1 Å². The molecule has 0 radical (unpaired) electrons. The minimum absolute atomic E-state index is 0.0666. The number of nitro benzene ring substituents is 1. The molecule has 1 saturated heterocycles. The molecule has 0 N–H and O–H groups in total. The molecule has 0 bridgehead atoms. The zero-order valence-electron chi connectivity index (χ0n) is 11.4. The average molecular weight is 289 g/mol. The molecular weight excluding hydrogens is 274 g/mol. The standard InChI is InChI=1S/C14H15N3O4/c18-17(19)13-3-1-11(2-4-13)14-12(10-21-15-14)9-16-5-7-20-8-6-16/h1-4,10H,5-9H2. The molecule has 1 aromatic carbocycles. The van der Waals surface area contributed by atoms with E-state index < -0.39 is 4.92 Å². The lowest BCUT2D eigenvalue weighted by molar-refractivity contribution is -0.384. The van der Waals surface area contributed by atoms with E-state index in [4.69, 9.17) is 9.26 Å². The summed E-state index contributed by atoms with van der Waals surface area (Å²) in [6.45, 7) is 3.96. The van der Waals surface area contributed by atoms with Crippen LogP contribution in [0.1, 0.15) is 5.56 Å². The van der Waals surface area contributed by atoms with Crippen LogP contribution < -0.4 is 0 Å². The predicted molar refractivity (Wildman–Crippen MR) is 74.7 cm³/mol. The van der Waals surface area contributed by atoms with Crippen molar-refractivity contribution in [2.75, 3.05) is 26.3 Å². The first-order valence-electron chi connectivity index (χ1n) is 6.72. The van der Waals surface area contributed by atoms with Crippen LogP contribution >= 0.6 is 0 Å². The first-order chi connectivity index (χ1) is 10.2. The zero-order valence-corrected chi connectivity index (χ0v) is 11.4. The predicted octanol–water partition coefficient (Wildman–Crippen LogP) is 2.08. The molecule has 2 aromatic rings. The van der Waals surface area contributed by atoms with E-state index in [9.17, 15) is 10.1 Å². The van der Waals surface area contributed by atoms with Crippen LogP contribution in [0.5, 0.6) is 0 Å². The summed E-state index contributed by atoms with van der Waals surface area (Å²) >= 11 is 0. The minimum atomic E-state index is -0.415. The number of benzene rings is 1. The minimum Gasteiger partial charge on any atom is -0.379 e. The summed E-state index contributed by atoms with van der Waals surface area (Å²) in [5, 5.41) is 14.7. The second kappa shape index (κ2) is 6.02. The fourth-order valence-corrected chi connectivity index (χ4v) is 2.35. The largest absolute Gasteiger partial charge is 0.379 e. The molecule has 2 heterocycles. The van der Waals surface area contributed by atoms with Gasteiger partial charge in [-0.1, -0.05) is 5.16 Å². The molecule has 0 atom stereocenters. The van der Waals surface area contributed by atoms with Crippen LogP contribution in [-0.2, 0) is 11.3 Å². The third-order valence-electron chi connectivity index (χ3n) is 3.49. The molecule has 1 aliphatic rings. The molecule has 7 nitrogen and oxygen atoms in total. The van der Waals surface area contributed by atoms with Crippen molar-refractivity contribution in [3.8, 4) is 11.3 Å². The highest BCUT2D eigenvalue weighted by molar-refractivity contribution is 5.63. The number of nitro groups is 1. The Bertz CT molecular complexity index is 617. The highest BCUT2D eigenvalue weighted by Gasteiger charge is 2.17. The van der Waals surface area contributed by atoms with Gasteiger partial charge in [-0.25, -0.2) is 0 Å². The van der Waals surface area contributed by atoms with Crippen LogP contribution in [0.15, 0.2) is 35.1 Å². The van der Waals surface area contributed by atoms with Gasteiger partial charge in [0.05, 0.1) is 18.1 Å². The lowest BCUT2D eigenvalue weighted by atomic mass is 10.1. The van der Waals surface area contributed by atoms with Crippen molar-refractivity contribution >= 4 is 5.69 Å². The number of non-ortho nitro benzene ring substituents is 1. The third-order valence-corrected chi connectivity index (χ3v) is 3.49. The van der Waals surface area contributed by atoms with Crippen molar-refractivity contribution in [3.63, 3.8) is 0 Å². The number of hydrogen-bond acceptors (Lipinski definition) is 6. The van der Waals surface area contributed by atoms with Crippen LogP contribution in [0.2, 0.25) is 0 Å². The van der Waals surface area contributed by atoms with E-state index >= 15 is 0 Å². The normalized spacial score (nSPS) is 16.0. The number of nitrogens with zero attached hydrogens (tertiary/aromatic N) is 3. The Hall–Kier alpha value is -2.25. The number of rotatable bonds is 4. The summed E-state index contributed by atoms with van der Waals surface area (Å²) in [6.07, 6.45) is 1.63. The van der Waals surface area contributed by atoms with Crippen LogP contribution in [0, 0.1) is 10.1 Å². The van der Waals surface area contributed by atoms with Crippen LogP contribution in [0.3, 0.4) is 0 Å². The van der Waals surface area contributed by atoms with Crippen LogP contribution in [-0.4, -0.2) is 41.3 Å². The lowest BCUT2D eigenvalue weighted by Crippen LogP contribution is -2.35. The number of aromatic nitrogens is 1. The second-order valence-electron chi connectivity index (χ2n) is 4.88. The van der Waals surface area contributed by atoms with Crippen molar-refractivity contribution in [1.82, 2.24) is 10.1 Å². The van der Waals surface area contributed by atoms with Crippen molar-refractivity contribution in [2.24, 2.45) is 0 Å². The fourth-order valence-electron chi connectivity index (χ4n) is 2.35. The van der Waals surface area contributed by atoms with Crippen LogP contribution in [0.25, 0.3) is 11.3 Å². The highest BCUT2D eigenvalue weighted by atomic mass is 16.6. The SMILES string of the molecule is O=[N+]([O-])c1ccc(-c2nocc2CN2CCOCC2)cc1. The van der Waals surface area contributed by atoms with Gasteiger partial charge in [-0.3, -0.25) is 15.0 Å². The number of hydrogen-bond donors (Lipinski definition) is 0. The molecular formula is C14H15N3O4. The van der Waals surface area contributed by atoms with Gasteiger partial charge in [0.1, 0.15) is 12.0 Å². The summed E-state index contributed by atoms with van der Waals surface area (Å²) in [5.74, 6) is 0. The van der Waals surface area contributed by atoms with Gasteiger partial charge in [0.2, 0.25) is 0 Å². The van der Waals surface area contributed by atoms with Crippen molar-refractivity contribution in [2.45, 2.75) is 6.54 Å².